The second-order valence-electron chi connectivity index (χ2n) is 7.88. The molecule has 4 rings (SSSR count). The first-order chi connectivity index (χ1) is 14.0. The lowest BCUT2D eigenvalue weighted by Crippen LogP contribution is -2.39. The van der Waals surface area contributed by atoms with E-state index in [9.17, 15) is 4.79 Å². The third-order valence-electron chi connectivity index (χ3n) is 5.55. The van der Waals surface area contributed by atoms with Gasteiger partial charge in [-0.15, -0.1) is 0 Å². The molecule has 0 radical (unpaired) electrons. The Balaban J connectivity index is 1.65. The van der Waals surface area contributed by atoms with Crippen LogP contribution in [0.3, 0.4) is 0 Å². The van der Waals surface area contributed by atoms with Crippen LogP contribution in [0.25, 0.3) is 10.2 Å². The van der Waals surface area contributed by atoms with Crippen molar-refractivity contribution in [1.29, 1.82) is 0 Å². The van der Waals surface area contributed by atoms with E-state index in [1.165, 1.54) is 16.9 Å². The Kier molecular flexibility index (Phi) is 5.57. The molecule has 1 heterocycles. The van der Waals surface area contributed by atoms with Crippen molar-refractivity contribution in [3.8, 4) is 0 Å². The number of halogens is 1. The molecular formula is C24H23ClN2OS. The fourth-order valence-corrected chi connectivity index (χ4v) is 5.23. The topological polar surface area (TPSA) is 42.0 Å². The van der Waals surface area contributed by atoms with Crippen LogP contribution >= 0.6 is 22.9 Å². The Hall–Kier alpha value is -2.43. The summed E-state index contributed by atoms with van der Waals surface area (Å²) in [5.74, 6) is 0.264. The summed E-state index contributed by atoms with van der Waals surface area (Å²) in [7, 11) is 0. The Morgan fingerprint density at radius 2 is 1.97 bits per heavy atom. The van der Waals surface area contributed by atoms with Gasteiger partial charge in [-0.2, -0.15) is 0 Å². The Morgan fingerprint density at radius 3 is 2.66 bits per heavy atom. The van der Waals surface area contributed by atoms with Gasteiger partial charge in [-0.05, 0) is 30.0 Å². The predicted octanol–water partition coefficient (Wildman–Crippen LogP) is 6.83. The molecule has 0 fully saturated rings. The van der Waals surface area contributed by atoms with Crippen molar-refractivity contribution in [2.75, 3.05) is 5.32 Å². The van der Waals surface area contributed by atoms with Crippen LogP contribution < -0.4 is 5.32 Å². The molecular weight excluding hydrogens is 400 g/mol. The molecule has 3 nitrogen and oxygen atoms in total. The monoisotopic (exact) mass is 422 g/mol. The second-order valence-corrected chi connectivity index (χ2v) is 9.32. The molecule has 1 aliphatic rings. The third-order valence-corrected chi connectivity index (χ3v) is 6.79. The molecule has 29 heavy (non-hydrogen) atoms. The lowest BCUT2D eigenvalue weighted by molar-refractivity contribution is -0.125. The molecule has 0 saturated carbocycles. The highest BCUT2D eigenvalue weighted by atomic mass is 35.5. The van der Waals surface area contributed by atoms with Crippen molar-refractivity contribution in [3.63, 3.8) is 0 Å². The molecule has 2 unspecified atom stereocenters. The van der Waals surface area contributed by atoms with Gasteiger partial charge >= 0.3 is 0 Å². The number of thiazole rings is 1. The number of anilines is 1. The average molecular weight is 423 g/mol. The zero-order valence-electron chi connectivity index (χ0n) is 16.4. The number of carbonyl (C=O) groups is 1. The van der Waals surface area contributed by atoms with E-state index in [-0.39, 0.29) is 17.7 Å². The Morgan fingerprint density at radius 1 is 1.17 bits per heavy atom. The summed E-state index contributed by atoms with van der Waals surface area (Å²) in [6.45, 7) is 4.04. The van der Waals surface area contributed by atoms with Crippen molar-refractivity contribution in [3.05, 3.63) is 83.4 Å². The van der Waals surface area contributed by atoms with Gasteiger partial charge < -0.3 is 5.32 Å². The van der Waals surface area contributed by atoms with Crippen LogP contribution in [0.1, 0.15) is 31.7 Å². The number of nitrogens with zero attached hydrogens (tertiary/aromatic N) is 1. The zero-order valence-corrected chi connectivity index (χ0v) is 18.0. The smallest absolute Gasteiger partial charge is 0.232 e. The zero-order chi connectivity index (χ0) is 20.4. The molecule has 2 aromatic carbocycles. The van der Waals surface area contributed by atoms with E-state index in [0.717, 1.165) is 16.6 Å². The molecule has 3 aromatic rings. The summed E-state index contributed by atoms with van der Waals surface area (Å²) in [5, 5.41) is 4.23. The van der Waals surface area contributed by atoms with Gasteiger partial charge in [0.15, 0.2) is 5.13 Å². The Bertz CT molecular complexity index is 1080. The molecule has 0 saturated heterocycles. The molecule has 148 valence electrons. The van der Waals surface area contributed by atoms with Crippen molar-refractivity contribution in [1.82, 2.24) is 4.98 Å². The molecule has 2 atom stereocenters. The van der Waals surface area contributed by atoms with Gasteiger partial charge in [-0.3, -0.25) is 4.79 Å². The van der Waals surface area contributed by atoms with Crippen molar-refractivity contribution in [2.24, 2.45) is 11.3 Å². The number of nitrogens with one attached hydrogen (secondary N) is 1. The maximum atomic E-state index is 13.4. The molecule has 0 spiro atoms. The van der Waals surface area contributed by atoms with Crippen molar-refractivity contribution < 1.29 is 4.79 Å². The summed E-state index contributed by atoms with van der Waals surface area (Å²) in [4.78, 5) is 18.0. The van der Waals surface area contributed by atoms with Crippen LogP contribution in [-0.4, -0.2) is 10.9 Å². The van der Waals surface area contributed by atoms with E-state index >= 15 is 0 Å². The van der Waals surface area contributed by atoms with Gasteiger partial charge in [0.1, 0.15) is 5.52 Å². The van der Waals surface area contributed by atoms with E-state index < -0.39 is 5.41 Å². The van der Waals surface area contributed by atoms with Gasteiger partial charge in [0, 0.05) is 5.92 Å². The lowest BCUT2D eigenvalue weighted by atomic mass is 9.66. The lowest BCUT2D eigenvalue weighted by Gasteiger charge is -2.38. The summed E-state index contributed by atoms with van der Waals surface area (Å²) < 4.78 is 0.963. The third kappa shape index (κ3) is 4.00. The summed E-state index contributed by atoms with van der Waals surface area (Å²) >= 11 is 7.69. The largest absolute Gasteiger partial charge is 0.301 e. The predicted molar refractivity (Wildman–Crippen MR) is 123 cm³/mol. The minimum atomic E-state index is -0.636. The SMILES string of the molecule is CC(C)(C(=O)Nc1nc2c(Cl)cccc2s1)C(c1ccccc1)C1C=CC=CC1. The van der Waals surface area contributed by atoms with Crippen molar-refractivity contribution in [2.45, 2.75) is 26.2 Å². The van der Waals surface area contributed by atoms with Gasteiger partial charge in [0.05, 0.1) is 15.1 Å². The van der Waals surface area contributed by atoms with E-state index in [4.69, 9.17) is 11.6 Å². The number of fused-ring (bicyclic) bond motifs is 1. The summed E-state index contributed by atoms with van der Waals surface area (Å²) in [5.41, 5.74) is 1.26. The second kappa shape index (κ2) is 8.13. The van der Waals surface area contributed by atoms with Crippen LogP contribution in [0.2, 0.25) is 5.02 Å². The first-order valence-corrected chi connectivity index (χ1v) is 10.9. The minimum absolute atomic E-state index is 0.0375. The number of allylic oxidation sites excluding steroid dienone is 4. The summed E-state index contributed by atoms with van der Waals surface area (Å²) in [6, 6.07) is 16.0. The van der Waals surface area contributed by atoms with Gasteiger partial charge in [0.25, 0.3) is 0 Å². The van der Waals surface area contributed by atoms with Gasteiger partial charge in [-0.25, -0.2) is 4.98 Å². The number of carbonyl (C=O) groups excluding carboxylic acids is 1. The minimum Gasteiger partial charge on any atom is -0.301 e. The van der Waals surface area contributed by atoms with Crippen LogP contribution in [0.4, 0.5) is 5.13 Å². The van der Waals surface area contributed by atoms with Gasteiger partial charge in [0.2, 0.25) is 5.91 Å². The highest BCUT2D eigenvalue weighted by Crippen LogP contribution is 2.45. The van der Waals surface area contributed by atoms with Crippen LogP contribution in [0, 0.1) is 11.3 Å². The molecule has 1 amide bonds. The van der Waals surface area contributed by atoms with Crippen LogP contribution in [0.15, 0.2) is 72.8 Å². The normalized spacial score (nSPS) is 17.4. The standard InChI is InChI=1S/C24H23ClN2OS/c1-24(2,20(16-10-5-3-6-11-16)17-12-7-4-8-13-17)22(28)27-23-26-21-18(25)14-9-15-19(21)29-23/h3-12,14-15,17,20H,13H2,1-2H3,(H,26,27,28). The number of hydrogen-bond donors (Lipinski definition) is 1. The fraction of sp³-hybridized carbons (Fsp3) is 0.250. The number of rotatable bonds is 5. The Labute approximate surface area is 180 Å². The molecule has 5 heteroatoms. The number of aromatic nitrogens is 1. The number of amides is 1. The van der Waals surface area contributed by atoms with E-state index in [1.54, 1.807) is 0 Å². The number of benzene rings is 2. The highest BCUT2D eigenvalue weighted by molar-refractivity contribution is 7.22. The quantitative estimate of drug-likeness (QED) is 0.489. The van der Waals surface area contributed by atoms with E-state index in [0.29, 0.717) is 10.2 Å². The maximum Gasteiger partial charge on any atom is 0.232 e. The molecule has 0 bridgehead atoms. The first kappa shape index (κ1) is 19.9. The van der Waals surface area contributed by atoms with Crippen molar-refractivity contribution >= 4 is 44.2 Å². The number of para-hydroxylation sites is 1. The maximum absolute atomic E-state index is 13.4. The molecule has 1 aliphatic carbocycles. The van der Waals surface area contributed by atoms with E-state index in [2.05, 4.69) is 46.7 Å². The molecule has 1 N–H and O–H groups in total. The van der Waals surface area contributed by atoms with E-state index in [1.807, 2.05) is 50.2 Å². The van der Waals surface area contributed by atoms with Crippen LogP contribution in [0.5, 0.6) is 0 Å². The highest BCUT2D eigenvalue weighted by Gasteiger charge is 2.41. The fourth-order valence-electron chi connectivity index (χ4n) is 4.07. The molecule has 1 aromatic heterocycles. The number of hydrogen-bond acceptors (Lipinski definition) is 3. The summed E-state index contributed by atoms with van der Waals surface area (Å²) in [6.07, 6.45) is 9.45. The average Bonchev–Trinajstić information content (AvgIpc) is 3.13. The molecule has 0 aliphatic heterocycles. The first-order valence-electron chi connectivity index (χ1n) is 9.71. The van der Waals surface area contributed by atoms with Crippen LogP contribution in [-0.2, 0) is 4.79 Å². The van der Waals surface area contributed by atoms with Gasteiger partial charge in [-0.1, -0.05) is 97.5 Å².